The summed E-state index contributed by atoms with van der Waals surface area (Å²) in [7, 11) is 0. The van der Waals surface area contributed by atoms with Crippen LogP contribution in [0, 0.1) is 12.8 Å². The quantitative estimate of drug-likeness (QED) is 0.893. The first-order valence-electron chi connectivity index (χ1n) is 6.90. The van der Waals surface area contributed by atoms with Crippen molar-refractivity contribution in [2.75, 3.05) is 11.9 Å². The molecule has 2 rings (SSSR count). The van der Waals surface area contributed by atoms with Gasteiger partial charge in [0.1, 0.15) is 0 Å². The van der Waals surface area contributed by atoms with Crippen LogP contribution >= 0.6 is 15.9 Å². The number of halogens is 1. The summed E-state index contributed by atoms with van der Waals surface area (Å²) in [4.78, 5) is 12.3. The molecule has 1 aromatic rings. The fourth-order valence-electron chi connectivity index (χ4n) is 2.51. The van der Waals surface area contributed by atoms with Crippen molar-refractivity contribution < 1.29 is 4.79 Å². The van der Waals surface area contributed by atoms with Crippen LogP contribution in [0.25, 0.3) is 0 Å². The maximum atomic E-state index is 12.3. The third kappa shape index (κ3) is 3.80. The number of hydrogen-bond donors (Lipinski definition) is 2. The lowest BCUT2D eigenvalue weighted by Gasteiger charge is -2.29. The molecule has 2 unspecified atom stereocenters. The second-order valence-electron chi connectivity index (χ2n) is 5.28. The molecule has 1 saturated heterocycles. The van der Waals surface area contributed by atoms with Crippen molar-refractivity contribution in [1.29, 1.82) is 0 Å². The van der Waals surface area contributed by atoms with Crippen LogP contribution in [-0.2, 0) is 4.79 Å². The van der Waals surface area contributed by atoms with E-state index in [1.807, 2.05) is 25.1 Å². The van der Waals surface area contributed by atoms with E-state index in [2.05, 4.69) is 33.5 Å². The number of carbonyl (C=O) groups is 1. The molecule has 2 atom stereocenters. The van der Waals surface area contributed by atoms with E-state index >= 15 is 0 Å². The summed E-state index contributed by atoms with van der Waals surface area (Å²) < 4.78 is 0.934. The summed E-state index contributed by atoms with van der Waals surface area (Å²) in [6.07, 6.45) is 3.26. The first-order valence-corrected chi connectivity index (χ1v) is 7.70. The van der Waals surface area contributed by atoms with Crippen LogP contribution in [0.1, 0.15) is 31.7 Å². The lowest BCUT2D eigenvalue weighted by Crippen LogP contribution is -2.46. The van der Waals surface area contributed by atoms with E-state index in [9.17, 15) is 4.79 Å². The minimum absolute atomic E-state index is 0.0631. The van der Waals surface area contributed by atoms with Gasteiger partial charge in [-0.2, -0.15) is 0 Å². The van der Waals surface area contributed by atoms with Gasteiger partial charge in [0.15, 0.2) is 0 Å². The average molecular weight is 325 g/mol. The predicted octanol–water partition coefficient (Wildman–Crippen LogP) is 3.47. The fourth-order valence-corrected chi connectivity index (χ4v) is 3.10. The van der Waals surface area contributed by atoms with Crippen molar-refractivity contribution >= 4 is 27.5 Å². The summed E-state index contributed by atoms with van der Waals surface area (Å²) in [5.74, 6) is 0.737. The van der Waals surface area contributed by atoms with Crippen LogP contribution in [-0.4, -0.2) is 18.5 Å². The Balaban J connectivity index is 2.00. The molecule has 1 heterocycles. The molecule has 19 heavy (non-hydrogen) atoms. The number of benzene rings is 1. The Morgan fingerprint density at radius 3 is 3.00 bits per heavy atom. The van der Waals surface area contributed by atoms with E-state index in [1.165, 1.54) is 12.0 Å². The molecular formula is C15H21BrN2O. The Kier molecular flexibility index (Phi) is 4.99. The van der Waals surface area contributed by atoms with Crippen LogP contribution in [0.4, 0.5) is 5.69 Å². The third-order valence-corrected chi connectivity index (χ3v) is 4.44. The molecule has 0 bridgehead atoms. The maximum Gasteiger partial charge on any atom is 0.241 e. The molecule has 2 N–H and O–H groups in total. The molecular weight excluding hydrogens is 304 g/mol. The van der Waals surface area contributed by atoms with Crippen LogP contribution in [0.15, 0.2) is 22.7 Å². The third-order valence-electron chi connectivity index (χ3n) is 3.79. The van der Waals surface area contributed by atoms with Crippen molar-refractivity contribution in [2.45, 2.75) is 39.2 Å². The van der Waals surface area contributed by atoms with E-state index < -0.39 is 0 Å². The Labute approximate surface area is 123 Å². The molecule has 1 amide bonds. The normalized spacial score (nSPS) is 23.1. The zero-order valence-corrected chi connectivity index (χ0v) is 13.1. The maximum absolute atomic E-state index is 12.3. The van der Waals surface area contributed by atoms with Crippen molar-refractivity contribution in [2.24, 2.45) is 5.92 Å². The summed E-state index contributed by atoms with van der Waals surface area (Å²) in [6.45, 7) is 5.16. The van der Waals surface area contributed by atoms with E-state index in [-0.39, 0.29) is 11.9 Å². The van der Waals surface area contributed by atoms with Crippen LogP contribution in [0.5, 0.6) is 0 Å². The van der Waals surface area contributed by atoms with Crippen LogP contribution < -0.4 is 10.6 Å². The molecule has 1 aliphatic rings. The highest BCUT2D eigenvalue weighted by Crippen LogP contribution is 2.25. The zero-order chi connectivity index (χ0) is 13.8. The minimum atomic E-state index is -0.0631. The number of rotatable bonds is 3. The smallest absolute Gasteiger partial charge is 0.241 e. The Morgan fingerprint density at radius 2 is 2.32 bits per heavy atom. The van der Waals surface area contributed by atoms with Crippen molar-refractivity contribution in [1.82, 2.24) is 5.32 Å². The van der Waals surface area contributed by atoms with Gasteiger partial charge in [0.25, 0.3) is 0 Å². The topological polar surface area (TPSA) is 41.1 Å². The van der Waals surface area contributed by atoms with Gasteiger partial charge in [0.05, 0.1) is 11.7 Å². The first-order chi connectivity index (χ1) is 9.10. The number of aryl methyl sites for hydroxylation is 1. The zero-order valence-electron chi connectivity index (χ0n) is 11.5. The number of anilines is 1. The minimum Gasteiger partial charge on any atom is -0.324 e. The molecule has 1 aliphatic heterocycles. The van der Waals surface area contributed by atoms with Crippen molar-refractivity contribution in [3.63, 3.8) is 0 Å². The lowest BCUT2D eigenvalue weighted by atomic mass is 9.90. The largest absolute Gasteiger partial charge is 0.324 e. The van der Waals surface area contributed by atoms with Crippen LogP contribution in [0.3, 0.4) is 0 Å². The number of amides is 1. The molecule has 0 aliphatic carbocycles. The second kappa shape index (κ2) is 6.53. The van der Waals surface area contributed by atoms with E-state index in [4.69, 9.17) is 0 Å². The van der Waals surface area contributed by atoms with Gasteiger partial charge in [0.2, 0.25) is 5.91 Å². The summed E-state index contributed by atoms with van der Waals surface area (Å²) in [5, 5.41) is 6.31. The number of nitrogens with one attached hydrogen (secondary N) is 2. The van der Waals surface area contributed by atoms with Crippen molar-refractivity contribution in [3.05, 3.63) is 28.2 Å². The number of hydrogen-bond acceptors (Lipinski definition) is 2. The monoisotopic (exact) mass is 324 g/mol. The standard InChI is InChI=1S/C15H21BrN2O/c1-3-11-6-7-17-14(9-11)15(19)18-13-5-4-10(2)8-12(13)16/h4-5,8,11,14,17H,3,6-7,9H2,1-2H3,(H,18,19). The number of piperidine rings is 1. The summed E-state index contributed by atoms with van der Waals surface area (Å²) >= 11 is 3.49. The van der Waals surface area contributed by atoms with Gasteiger partial charge in [-0.15, -0.1) is 0 Å². The Hall–Kier alpha value is -0.870. The molecule has 0 aromatic heterocycles. The van der Waals surface area contributed by atoms with E-state index in [1.54, 1.807) is 0 Å². The summed E-state index contributed by atoms with van der Waals surface area (Å²) in [6, 6.07) is 5.90. The molecule has 1 fully saturated rings. The van der Waals surface area contributed by atoms with Crippen LogP contribution in [0.2, 0.25) is 0 Å². The molecule has 1 aromatic carbocycles. The van der Waals surface area contributed by atoms with Gasteiger partial charge in [-0.05, 0) is 65.9 Å². The highest BCUT2D eigenvalue weighted by molar-refractivity contribution is 9.10. The molecule has 104 valence electrons. The van der Waals surface area contributed by atoms with Gasteiger partial charge < -0.3 is 10.6 Å². The van der Waals surface area contributed by atoms with Gasteiger partial charge in [-0.3, -0.25) is 4.79 Å². The molecule has 0 saturated carbocycles. The van der Waals surface area contributed by atoms with Crippen molar-refractivity contribution in [3.8, 4) is 0 Å². The molecule has 0 spiro atoms. The fraction of sp³-hybridized carbons (Fsp3) is 0.533. The van der Waals surface area contributed by atoms with E-state index in [0.717, 1.165) is 29.5 Å². The van der Waals surface area contributed by atoms with Gasteiger partial charge in [0, 0.05) is 4.47 Å². The lowest BCUT2D eigenvalue weighted by molar-refractivity contribution is -0.119. The SMILES string of the molecule is CCC1CCNC(C(=O)Nc2ccc(C)cc2Br)C1. The first kappa shape index (κ1) is 14.5. The second-order valence-corrected chi connectivity index (χ2v) is 6.13. The van der Waals surface area contributed by atoms with Gasteiger partial charge in [-0.1, -0.05) is 19.4 Å². The van der Waals surface area contributed by atoms with Gasteiger partial charge >= 0.3 is 0 Å². The molecule has 3 nitrogen and oxygen atoms in total. The molecule has 0 radical (unpaired) electrons. The highest BCUT2D eigenvalue weighted by atomic mass is 79.9. The van der Waals surface area contributed by atoms with E-state index in [0.29, 0.717) is 5.92 Å². The Morgan fingerprint density at radius 1 is 1.53 bits per heavy atom. The highest BCUT2D eigenvalue weighted by Gasteiger charge is 2.26. The Bertz CT molecular complexity index is 461. The molecule has 4 heteroatoms. The predicted molar refractivity (Wildman–Crippen MR) is 82.3 cm³/mol. The average Bonchev–Trinajstić information content (AvgIpc) is 2.42. The number of carbonyl (C=O) groups excluding carboxylic acids is 1. The van der Waals surface area contributed by atoms with Gasteiger partial charge in [-0.25, -0.2) is 0 Å². The summed E-state index contributed by atoms with van der Waals surface area (Å²) in [5.41, 5.74) is 2.02.